The van der Waals surface area contributed by atoms with Crippen molar-refractivity contribution < 1.29 is 8.78 Å². The Labute approximate surface area is 115 Å². The predicted molar refractivity (Wildman–Crippen MR) is 74.3 cm³/mol. The van der Waals surface area contributed by atoms with Crippen molar-refractivity contribution in [3.05, 3.63) is 48.7 Å². The molecule has 2 rings (SSSR count). The maximum Gasteiger partial charge on any atom is 0.266 e. The van der Waals surface area contributed by atoms with Gasteiger partial charge in [0.1, 0.15) is 0 Å². The molecule has 0 spiro atoms. The molecule has 0 unspecified atom stereocenters. The van der Waals surface area contributed by atoms with E-state index in [9.17, 15) is 8.78 Å². The molecule has 0 fully saturated rings. The largest absolute Gasteiger partial charge is 0.328 e. The number of hydrogen-bond donors (Lipinski definition) is 0. The predicted octanol–water partition coefficient (Wildman–Crippen LogP) is 4.35. The fraction of sp³-hybridized carbons (Fsp3) is 0.214. The highest BCUT2D eigenvalue weighted by molar-refractivity contribution is 7.99. The highest BCUT2D eigenvalue weighted by Gasteiger charge is 2.07. The Hall–Kier alpha value is -1.62. The van der Waals surface area contributed by atoms with Crippen LogP contribution in [0.1, 0.15) is 6.42 Å². The molecule has 1 aromatic carbocycles. The molecule has 100 valence electrons. The third-order valence-electron chi connectivity index (χ3n) is 2.55. The van der Waals surface area contributed by atoms with Gasteiger partial charge in [-0.15, -0.1) is 0 Å². The fourth-order valence-corrected chi connectivity index (χ4v) is 2.49. The number of aryl methyl sites for hydroxylation is 1. The number of halogens is 2. The highest BCUT2D eigenvalue weighted by Crippen LogP contribution is 2.23. The average molecular weight is 280 g/mol. The van der Waals surface area contributed by atoms with Gasteiger partial charge in [0, 0.05) is 24.6 Å². The summed E-state index contributed by atoms with van der Waals surface area (Å²) in [6.45, 7) is 0. The Balaban J connectivity index is 2.03. The van der Waals surface area contributed by atoms with Crippen LogP contribution < -0.4 is 0 Å². The summed E-state index contributed by atoms with van der Waals surface area (Å²) >= 11 is 1.48. The van der Waals surface area contributed by atoms with Crippen LogP contribution in [0.5, 0.6) is 0 Å². The lowest BCUT2D eigenvalue weighted by molar-refractivity contribution is 0.418. The van der Waals surface area contributed by atoms with E-state index < -0.39 is 6.08 Å². The minimum atomic E-state index is -1.62. The first-order valence-electron chi connectivity index (χ1n) is 5.89. The molecule has 0 aliphatic rings. The minimum Gasteiger partial charge on any atom is -0.328 e. The Kier molecular flexibility index (Phi) is 4.74. The Morgan fingerprint density at radius 2 is 2.05 bits per heavy atom. The lowest BCUT2D eigenvalue weighted by Crippen LogP contribution is -1.89. The zero-order valence-corrected chi connectivity index (χ0v) is 11.3. The number of nitrogens with zero attached hydrogens (tertiary/aromatic N) is 2. The molecule has 5 heteroatoms. The Bertz CT molecular complexity index is 560. The van der Waals surface area contributed by atoms with E-state index in [0.717, 1.165) is 22.5 Å². The van der Waals surface area contributed by atoms with Gasteiger partial charge in [0.05, 0.1) is 5.69 Å². The van der Waals surface area contributed by atoms with Gasteiger partial charge in [0.15, 0.2) is 5.16 Å². The molecule has 2 aromatic rings. The third kappa shape index (κ3) is 3.92. The number of rotatable bonds is 5. The van der Waals surface area contributed by atoms with Gasteiger partial charge < -0.3 is 4.57 Å². The van der Waals surface area contributed by atoms with Crippen molar-refractivity contribution in [1.82, 2.24) is 9.55 Å². The van der Waals surface area contributed by atoms with E-state index in [1.165, 1.54) is 11.8 Å². The summed E-state index contributed by atoms with van der Waals surface area (Å²) in [5.74, 6) is 0.594. The summed E-state index contributed by atoms with van der Waals surface area (Å²) < 4.78 is 25.7. The van der Waals surface area contributed by atoms with Crippen molar-refractivity contribution in [2.75, 3.05) is 5.75 Å². The molecule has 1 aromatic heterocycles. The smallest absolute Gasteiger partial charge is 0.266 e. The third-order valence-corrected chi connectivity index (χ3v) is 3.63. The quantitative estimate of drug-likeness (QED) is 0.598. The Morgan fingerprint density at radius 1 is 1.32 bits per heavy atom. The molecule has 0 bridgehead atoms. The maximum atomic E-state index is 11.9. The van der Waals surface area contributed by atoms with Gasteiger partial charge in [0.2, 0.25) is 0 Å². The normalized spacial score (nSPS) is 10.5. The molecule has 0 radical (unpaired) electrons. The van der Waals surface area contributed by atoms with E-state index in [1.54, 1.807) is 0 Å². The summed E-state index contributed by atoms with van der Waals surface area (Å²) in [6.07, 6.45) is 1.61. The molecule has 0 saturated carbocycles. The second kappa shape index (κ2) is 6.52. The maximum absolute atomic E-state index is 11.9. The van der Waals surface area contributed by atoms with Crippen LogP contribution in [-0.2, 0) is 7.05 Å². The van der Waals surface area contributed by atoms with Crippen LogP contribution >= 0.6 is 11.8 Å². The molecule has 0 N–H and O–H groups in total. The second-order valence-corrected chi connectivity index (χ2v) is 5.08. The van der Waals surface area contributed by atoms with E-state index in [-0.39, 0.29) is 0 Å². The molecule has 0 aliphatic heterocycles. The first kappa shape index (κ1) is 13.8. The number of hydrogen-bond acceptors (Lipinski definition) is 2. The van der Waals surface area contributed by atoms with Crippen molar-refractivity contribution in [3.8, 4) is 11.3 Å². The zero-order chi connectivity index (χ0) is 13.7. The van der Waals surface area contributed by atoms with Crippen molar-refractivity contribution >= 4 is 11.8 Å². The van der Waals surface area contributed by atoms with Crippen LogP contribution in [-0.4, -0.2) is 15.3 Å². The van der Waals surface area contributed by atoms with Gasteiger partial charge in [-0.2, -0.15) is 8.78 Å². The number of aromatic nitrogens is 2. The molecule has 0 amide bonds. The van der Waals surface area contributed by atoms with Crippen LogP contribution in [0, 0.1) is 0 Å². The van der Waals surface area contributed by atoms with Gasteiger partial charge >= 0.3 is 0 Å². The monoisotopic (exact) mass is 280 g/mol. The first-order valence-corrected chi connectivity index (χ1v) is 6.88. The summed E-state index contributed by atoms with van der Waals surface area (Å²) in [7, 11) is 1.91. The van der Waals surface area contributed by atoms with Gasteiger partial charge in [-0.25, -0.2) is 4.98 Å². The highest BCUT2D eigenvalue weighted by atomic mass is 32.2. The van der Waals surface area contributed by atoms with Gasteiger partial charge in [-0.1, -0.05) is 42.1 Å². The molecule has 0 aliphatic carbocycles. The zero-order valence-electron chi connectivity index (χ0n) is 10.5. The molecular formula is C14H14F2N2S. The van der Waals surface area contributed by atoms with Crippen molar-refractivity contribution in [1.29, 1.82) is 0 Å². The molecular weight excluding hydrogens is 266 g/mol. The number of thioether (sulfide) groups is 1. The minimum absolute atomic E-state index is 0.348. The summed E-state index contributed by atoms with van der Waals surface area (Å²) in [4.78, 5) is 4.51. The molecule has 0 saturated heterocycles. The topological polar surface area (TPSA) is 17.8 Å². The lowest BCUT2D eigenvalue weighted by Gasteiger charge is -1.98. The lowest BCUT2D eigenvalue weighted by atomic mass is 10.2. The van der Waals surface area contributed by atoms with Crippen LogP contribution in [0.2, 0.25) is 0 Å². The molecule has 1 heterocycles. The molecule has 2 nitrogen and oxygen atoms in total. The van der Waals surface area contributed by atoms with E-state index in [4.69, 9.17) is 0 Å². The summed E-state index contributed by atoms with van der Waals surface area (Å²) in [5, 5.41) is 0.839. The average Bonchev–Trinajstić information content (AvgIpc) is 2.77. The van der Waals surface area contributed by atoms with Crippen LogP contribution in [0.3, 0.4) is 0 Å². The number of benzene rings is 1. The van der Waals surface area contributed by atoms with Crippen LogP contribution in [0.4, 0.5) is 8.78 Å². The van der Waals surface area contributed by atoms with Crippen LogP contribution in [0.15, 0.2) is 53.8 Å². The summed E-state index contributed by atoms with van der Waals surface area (Å²) in [6, 6.07) is 9.88. The molecule has 19 heavy (non-hydrogen) atoms. The van der Waals surface area contributed by atoms with Gasteiger partial charge in [0.25, 0.3) is 6.08 Å². The van der Waals surface area contributed by atoms with E-state index in [1.807, 2.05) is 48.1 Å². The van der Waals surface area contributed by atoms with Crippen LogP contribution in [0.25, 0.3) is 11.3 Å². The standard InChI is InChI=1S/C14H14F2N2S/c1-18-10-12(11-6-3-2-4-7-11)17-14(18)19-9-5-8-13(15)16/h2-4,6-8,10H,5,9H2,1H3. The van der Waals surface area contributed by atoms with Crippen molar-refractivity contribution in [2.45, 2.75) is 11.6 Å². The second-order valence-electron chi connectivity index (χ2n) is 4.02. The van der Waals surface area contributed by atoms with Gasteiger partial charge in [-0.3, -0.25) is 0 Å². The first-order chi connectivity index (χ1) is 9.16. The van der Waals surface area contributed by atoms with Crippen molar-refractivity contribution in [2.24, 2.45) is 7.05 Å². The van der Waals surface area contributed by atoms with Gasteiger partial charge in [-0.05, 0) is 12.5 Å². The Morgan fingerprint density at radius 3 is 2.74 bits per heavy atom. The SMILES string of the molecule is Cn1cc(-c2ccccc2)nc1SCCC=C(F)F. The van der Waals surface area contributed by atoms with E-state index in [0.29, 0.717) is 12.2 Å². The van der Waals surface area contributed by atoms with Crippen molar-refractivity contribution in [3.63, 3.8) is 0 Å². The fourth-order valence-electron chi connectivity index (χ4n) is 1.65. The number of imidazole rings is 1. The van der Waals surface area contributed by atoms with E-state index >= 15 is 0 Å². The molecule has 0 atom stereocenters. The van der Waals surface area contributed by atoms with E-state index in [2.05, 4.69) is 4.98 Å². The summed E-state index contributed by atoms with van der Waals surface area (Å²) in [5.41, 5.74) is 1.96. The number of allylic oxidation sites excluding steroid dienone is 1.